The van der Waals surface area contributed by atoms with Crippen LogP contribution < -0.4 is 15.8 Å². The van der Waals surface area contributed by atoms with Gasteiger partial charge in [0.2, 0.25) is 0 Å². The van der Waals surface area contributed by atoms with E-state index in [0.717, 1.165) is 23.4 Å². The van der Waals surface area contributed by atoms with Gasteiger partial charge in [-0.25, -0.2) is 0 Å². The van der Waals surface area contributed by atoms with Gasteiger partial charge >= 0.3 is 0 Å². The normalized spacial score (nSPS) is 10.4. The second-order valence-corrected chi connectivity index (χ2v) is 4.51. The van der Waals surface area contributed by atoms with Crippen LogP contribution >= 0.6 is 0 Å². The molecular weight excluding hydrogens is 240 g/mol. The fraction of sp³-hybridized carbons (Fsp3) is 0.357. The van der Waals surface area contributed by atoms with Gasteiger partial charge in [0, 0.05) is 48.9 Å². The maximum Gasteiger partial charge on any atom is 0.123 e. The zero-order valence-corrected chi connectivity index (χ0v) is 11.4. The van der Waals surface area contributed by atoms with Crippen LogP contribution in [-0.4, -0.2) is 16.4 Å². The maximum absolute atomic E-state index is 5.87. The molecule has 0 aliphatic heterocycles. The van der Waals surface area contributed by atoms with E-state index in [1.54, 1.807) is 4.68 Å². The van der Waals surface area contributed by atoms with E-state index in [-0.39, 0.29) is 0 Å². The van der Waals surface area contributed by atoms with Crippen LogP contribution in [0.3, 0.4) is 0 Å². The summed E-state index contributed by atoms with van der Waals surface area (Å²) in [5.41, 5.74) is 8.64. The molecule has 5 heteroatoms. The highest BCUT2D eigenvalue weighted by molar-refractivity contribution is 5.59. The molecule has 0 bridgehead atoms. The van der Waals surface area contributed by atoms with E-state index in [9.17, 15) is 0 Å². The number of nitrogens with two attached hydrogens (primary N) is 1. The van der Waals surface area contributed by atoms with Gasteiger partial charge in [0.25, 0.3) is 0 Å². The first-order valence-corrected chi connectivity index (χ1v) is 6.42. The van der Waals surface area contributed by atoms with Gasteiger partial charge in [0.15, 0.2) is 0 Å². The van der Waals surface area contributed by atoms with Gasteiger partial charge in [0.1, 0.15) is 5.75 Å². The number of ether oxygens (including phenoxy) is 1. The number of aryl methyl sites for hydroxylation is 1. The molecule has 0 aliphatic rings. The molecule has 0 atom stereocenters. The van der Waals surface area contributed by atoms with Crippen LogP contribution in [0.15, 0.2) is 30.6 Å². The molecule has 0 radical (unpaired) electrons. The Balaban J connectivity index is 2.01. The summed E-state index contributed by atoms with van der Waals surface area (Å²) < 4.78 is 7.38. The molecule has 2 aromatic rings. The van der Waals surface area contributed by atoms with Crippen molar-refractivity contribution in [1.29, 1.82) is 0 Å². The number of hydrogen-bond acceptors (Lipinski definition) is 4. The van der Waals surface area contributed by atoms with Crippen LogP contribution in [0.1, 0.15) is 18.9 Å². The van der Waals surface area contributed by atoms with Crippen LogP contribution in [0, 0.1) is 0 Å². The summed E-state index contributed by atoms with van der Waals surface area (Å²) in [4.78, 5) is 0. The molecule has 102 valence electrons. The van der Waals surface area contributed by atoms with Gasteiger partial charge in [-0.1, -0.05) is 6.92 Å². The van der Waals surface area contributed by atoms with E-state index in [1.807, 2.05) is 37.6 Å². The lowest BCUT2D eigenvalue weighted by atomic mass is 10.2. The Bertz CT molecular complexity index is 536. The van der Waals surface area contributed by atoms with Crippen molar-refractivity contribution in [3.8, 4) is 5.75 Å². The zero-order valence-electron chi connectivity index (χ0n) is 11.4. The molecule has 0 fully saturated rings. The number of benzene rings is 1. The summed E-state index contributed by atoms with van der Waals surface area (Å²) in [5, 5.41) is 7.45. The predicted molar refractivity (Wildman–Crippen MR) is 77.2 cm³/mol. The first-order chi connectivity index (χ1) is 9.17. The molecule has 2 rings (SSSR count). The van der Waals surface area contributed by atoms with Crippen molar-refractivity contribution < 1.29 is 4.74 Å². The lowest BCUT2D eigenvalue weighted by Crippen LogP contribution is -2.01. The minimum absolute atomic E-state index is 0.697. The van der Waals surface area contributed by atoms with E-state index < -0.39 is 0 Å². The van der Waals surface area contributed by atoms with Gasteiger partial charge in [-0.2, -0.15) is 5.10 Å². The van der Waals surface area contributed by atoms with Gasteiger partial charge in [-0.15, -0.1) is 0 Å². The molecule has 0 unspecified atom stereocenters. The summed E-state index contributed by atoms with van der Waals surface area (Å²) in [7, 11) is 1.90. The number of aromatic nitrogens is 2. The van der Waals surface area contributed by atoms with Crippen LogP contribution in [0.2, 0.25) is 0 Å². The summed E-state index contributed by atoms with van der Waals surface area (Å²) in [6.07, 6.45) is 4.80. The molecule has 0 aliphatic carbocycles. The average molecular weight is 260 g/mol. The first-order valence-electron chi connectivity index (χ1n) is 6.42. The first kappa shape index (κ1) is 13.3. The quantitative estimate of drug-likeness (QED) is 0.783. The molecule has 5 nitrogen and oxygen atoms in total. The molecule has 0 saturated carbocycles. The van der Waals surface area contributed by atoms with Gasteiger partial charge in [-0.3, -0.25) is 4.68 Å². The molecule has 0 saturated heterocycles. The number of nitrogens with zero attached hydrogens (tertiary/aromatic N) is 2. The van der Waals surface area contributed by atoms with Crippen LogP contribution in [0.5, 0.6) is 5.75 Å². The van der Waals surface area contributed by atoms with E-state index >= 15 is 0 Å². The number of hydrogen-bond donors (Lipinski definition) is 2. The average Bonchev–Trinajstić information content (AvgIpc) is 2.79. The summed E-state index contributed by atoms with van der Waals surface area (Å²) in [6.45, 7) is 3.49. The molecule has 1 heterocycles. The molecule has 0 amide bonds. The largest absolute Gasteiger partial charge is 0.493 e. The SMILES string of the molecule is CCCOc1cc(N)cc(NCc2cnn(C)c2)c1. The Morgan fingerprint density at radius 1 is 1.37 bits per heavy atom. The number of nitrogens with one attached hydrogen (secondary N) is 1. The van der Waals surface area contributed by atoms with Crippen molar-refractivity contribution in [3.63, 3.8) is 0 Å². The summed E-state index contributed by atoms with van der Waals surface area (Å²) in [5.74, 6) is 0.801. The van der Waals surface area contributed by atoms with E-state index in [1.165, 1.54) is 0 Å². The Hall–Kier alpha value is -2.17. The fourth-order valence-corrected chi connectivity index (χ4v) is 1.79. The standard InChI is InChI=1S/C14H20N4O/c1-3-4-19-14-6-12(15)5-13(7-14)16-8-11-9-17-18(2)10-11/h5-7,9-10,16H,3-4,8,15H2,1-2H3. The minimum Gasteiger partial charge on any atom is -0.493 e. The van der Waals surface area contributed by atoms with E-state index in [4.69, 9.17) is 10.5 Å². The van der Waals surface area contributed by atoms with Crippen molar-refractivity contribution in [2.75, 3.05) is 17.7 Å². The highest BCUT2D eigenvalue weighted by Gasteiger charge is 2.01. The molecule has 0 spiro atoms. The smallest absolute Gasteiger partial charge is 0.123 e. The fourth-order valence-electron chi connectivity index (χ4n) is 1.79. The topological polar surface area (TPSA) is 65.1 Å². The Kier molecular flexibility index (Phi) is 4.28. The van der Waals surface area contributed by atoms with Crippen molar-refractivity contribution in [2.24, 2.45) is 7.05 Å². The Morgan fingerprint density at radius 3 is 2.89 bits per heavy atom. The number of nitrogen functional groups attached to an aromatic ring is 1. The lowest BCUT2D eigenvalue weighted by Gasteiger charge is -2.10. The summed E-state index contributed by atoms with van der Waals surface area (Å²) in [6, 6.07) is 5.70. The van der Waals surface area contributed by atoms with E-state index in [0.29, 0.717) is 18.8 Å². The molecule has 1 aromatic carbocycles. The van der Waals surface area contributed by atoms with Crippen molar-refractivity contribution in [2.45, 2.75) is 19.9 Å². The Labute approximate surface area is 113 Å². The van der Waals surface area contributed by atoms with Crippen LogP contribution in [-0.2, 0) is 13.6 Å². The predicted octanol–water partition coefficient (Wildman–Crippen LogP) is 2.40. The zero-order chi connectivity index (χ0) is 13.7. The Morgan fingerprint density at radius 2 is 2.21 bits per heavy atom. The highest BCUT2D eigenvalue weighted by atomic mass is 16.5. The van der Waals surface area contributed by atoms with Crippen molar-refractivity contribution in [3.05, 3.63) is 36.2 Å². The molecule has 1 aromatic heterocycles. The van der Waals surface area contributed by atoms with Gasteiger partial charge in [0.05, 0.1) is 12.8 Å². The molecule has 3 N–H and O–H groups in total. The second-order valence-electron chi connectivity index (χ2n) is 4.51. The van der Waals surface area contributed by atoms with Crippen LogP contribution in [0.25, 0.3) is 0 Å². The third-order valence-corrected chi connectivity index (χ3v) is 2.66. The van der Waals surface area contributed by atoms with Crippen molar-refractivity contribution >= 4 is 11.4 Å². The van der Waals surface area contributed by atoms with Gasteiger partial charge < -0.3 is 15.8 Å². The maximum atomic E-state index is 5.87. The third kappa shape index (κ3) is 3.91. The third-order valence-electron chi connectivity index (χ3n) is 2.66. The second kappa shape index (κ2) is 6.13. The summed E-state index contributed by atoms with van der Waals surface area (Å²) >= 11 is 0. The molecule has 19 heavy (non-hydrogen) atoms. The highest BCUT2D eigenvalue weighted by Crippen LogP contribution is 2.23. The van der Waals surface area contributed by atoms with Gasteiger partial charge in [-0.05, 0) is 12.5 Å². The van der Waals surface area contributed by atoms with E-state index in [2.05, 4.69) is 17.3 Å². The van der Waals surface area contributed by atoms with Crippen LogP contribution in [0.4, 0.5) is 11.4 Å². The number of anilines is 2. The molecular formula is C14H20N4O. The minimum atomic E-state index is 0.697. The monoisotopic (exact) mass is 260 g/mol. The van der Waals surface area contributed by atoms with Crippen molar-refractivity contribution in [1.82, 2.24) is 9.78 Å². The number of rotatable bonds is 6. The lowest BCUT2D eigenvalue weighted by molar-refractivity contribution is 0.318.